The molecular weight excluding hydrogens is 516 g/mol. The van der Waals surface area contributed by atoms with Crippen LogP contribution in [0.1, 0.15) is 27.0 Å². The van der Waals surface area contributed by atoms with Crippen LogP contribution in [0, 0.1) is 6.21 Å². The Hall–Kier alpha value is -5.26. The summed E-state index contributed by atoms with van der Waals surface area (Å²) in [6.07, 6.45) is 22.7. The molecule has 0 atom stereocenters. The van der Waals surface area contributed by atoms with Gasteiger partial charge in [0, 0.05) is 58.7 Å². The highest BCUT2D eigenvalue weighted by molar-refractivity contribution is 6.00. The number of quaternary nitrogens is 1. The molecule has 0 fully saturated rings. The smallest absolute Gasteiger partial charge is 0.249 e. The Bertz CT molecular complexity index is 1900. The lowest BCUT2D eigenvalue weighted by atomic mass is 10.1. The Morgan fingerprint density at radius 2 is 1.02 bits per heavy atom. The normalized spacial score (nSPS) is 16.0. The monoisotopic (exact) mass is 548 g/mol. The van der Waals surface area contributed by atoms with E-state index >= 15 is 0 Å². The first-order valence-electron chi connectivity index (χ1n) is 14.3. The number of allylic oxidation sites excluding steroid dienone is 2. The van der Waals surface area contributed by atoms with E-state index in [1.165, 1.54) is 27.2 Å². The third kappa shape index (κ3) is 5.78. The molecule has 11 aliphatic heterocycles. The van der Waals surface area contributed by atoms with Gasteiger partial charge in [0.1, 0.15) is 6.54 Å². The van der Waals surface area contributed by atoms with Gasteiger partial charge in [-0.2, -0.15) is 4.24 Å². The number of Topliss-reactive ketones (excluding diaryl/α,β-unsaturated/α-hetero) is 1. The first-order valence-corrected chi connectivity index (χ1v) is 14.3. The number of hydrogen-bond acceptors (Lipinski definition) is 1. The SMILES string of the molecule is O=C1C=[n+]2ccc(cc2)=C2C=C[NH+](C=C2)Cc2ccc(cc2)C[n+]2ccc(cc2)-c2cc[n+](cc2)Cc2ccc1cc2. The average molecular weight is 549 g/mol. The number of rotatable bonds is 0. The number of ketones is 1. The zero-order valence-electron chi connectivity index (χ0n) is 23.3. The van der Waals surface area contributed by atoms with Crippen LogP contribution in [0.2, 0.25) is 0 Å². The number of nitrogens with one attached hydrogen (secondary N) is 1. The van der Waals surface area contributed by atoms with Crippen molar-refractivity contribution >= 4 is 11.4 Å². The van der Waals surface area contributed by atoms with Crippen molar-refractivity contribution in [3.63, 3.8) is 0 Å². The molecule has 5 heteroatoms. The quantitative estimate of drug-likeness (QED) is 0.297. The van der Waals surface area contributed by atoms with E-state index in [1.54, 1.807) is 6.21 Å². The zero-order chi connectivity index (χ0) is 28.3. The maximum atomic E-state index is 12.9. The highest BCUT2D eigenvalue weighted by Gasteiger charge is 2.12. The van der Waals surface area contributed by atoms with E-state index in [2.05, 4.69) is 107 Å². The van der Waals surface area contributed by atoms with Gasteiger partial charge < -0.3 is 0 Å². The van der Waals surface area contributed by atoms with Crippen molar-refractivity contribution in [2.45, 2.75) is 19.6 Å². The number of benzene rings is 2. The highest BCUT2D eigenvalue weighted by Crippen LogP contribution is 2.16. The summed E-state index contributed by atoms with van der Waals surface area (Å²) in [7, 11) is 0. The number of carbonyl (C=O) groups excluding carboxylic acids is 1. The summed E-state index contributed by atoms with van der Waals surface area (Å²) >= 11 is 0. The second-order valence-electron chi connectivity index (χ2n) is 10.9. The molecule has 42 heavy (non-hydrogen) atoms. The van der Waals surface area contributed by atoms with Gasteiger partial charge in [-0.1, -0.05) is 48.5 Å². The minimum atomic E-state index is -0.0261. The fourth-order valence-electron chi connectivity index (χ4n) is 5.45. The van der Waals surface area contributed by atoms with E-state index in [-0.39, 0.29) is 5.78 Å². The lowest BCUT2D eigenvalue weighted by Gasteiger charge is -2.13. The number of carbonyl (C=O) groups is 1. The number of hydrogen-bond donors (Lipinski definition) is 1. The Kier molecular flexibility index (Phi) is 6.92. The van der Waals surface area contributed by atoms with Gasteiger partial charge in [0.2, 0.25) is 12.0 Å². The lowest BCUT2D eigenvalue weighted by molar-refractivity contribution is -0.805. The molecule has 5 aromatic rings. The van der Waals surface area contributed by atoms with Crippen molar-refractivity contribution < 1.29 is 23.1 Å². The van der Waals surface area contributed by atoms with E-state index < -0.39 is 0 Å². The van der Waals surface area contributed by atoms with Gasteiger partial charge >= 0.3 is 0 Å². The number of aromatic nitrogens is 3. The third-order valence-corrected chi connectivity index (χ3v) is 7.92. The predicted molar refractivity (Wildman–Crippen MR) is 160 cm³/mol. The molecule has 12 bridgehead atoms. The molecule has 0 radical (unpaired) electrons. The molecule has 0 saturated carbocycles. The highest BCUT2D eigenvalue weighted by atomic mass is 16.1. The van der Waals surface area contributed by atoms with Gasteiger partial charge in [-0.15, -0.1) is 0 Å². The number of nitrogens with zero attached hydrogens (tertiary/aromatic N) is 3. The van der Waals surface area contributed by atoms with Crippen molar-refractivity contribution in [2.75, 3.05) is 0 Å². The topological polar surface area (TPSA) is 35.2 Å². The van der Waals surface area contributed by atoms with Crippen LogP contribution in [0.25, 0.3) is 16.7 Å². The van der Waals surface area contributed by atoms with E-state index in [0.717, 1.165) is 36.0 Å². The molecule has 0 unspecified atom stereocenters. The van der Waals surface area contributed by atoms with Crippen LogP contribution in [0.15, 0.2) is 147 Å². The van der Waals surface area contributed by atoms with E-state index in [0.29, 0.717) is 5.56 Å². The minimum absolute atomic E-state index is 0.0261. The van der Waals surface area contributed by atoms with Crippen molar-refractivity contribution in [1.29, 1.82) is 0 Å². The van der Waals surface area contributed by atoms with Crippen LogP contribution in [0.5, 0.6) is 0 Å². The second kappa shape index (κ2) is 11.3. The average Bonchev–Trinajstić information content (AvgIpc) is 3.04. The molecule has 0 aliphatic carbocycles. The van der Waals surface area contributed by atoms with Crippen LogP contribution in [-0.4, -0.2) is 5.78 Å². The molecule has 2 aromatic carbocycles. The predicted octanol–water partition coefficient (Wildman–Crippen LogP) is 2.80. The molecule has 0 amide bonds. The first-order chi connectivity index (χ1) is 20.6. The first kappa shape index (κ1) is 25.7. The van der Waals surface area contributed by atoms with Gasteiger partial charge in [-0.05, 0) is 34.1 Å². The summed E-state index contributed by atoms with van der Waals surface area (Å²) in [5.41, 5.74) is 7.92. The summed E-state index contributed by atoms with van der Waals surface area (Å²) in [5.74, 6) is -0.0261. The summed E-state index contributed by atoms with van der Waals surface area (Å²) in [5, 5.41) is 1.12. The van der Waals surface area contributed by atoms with E-state index in [9.17, 15) is 4.79 Å². The standard InChI is InChI=1S/C37H31N4O/c42-37-28-41-23-15-35(16-24-41)34-11-19-39(20-12-34)26-30-3-1-29(2-4-30)25-38-17-9-32(10-18-38)33-13-21-40(22-14-33)27-31-5-7-36(37)8-6-31/h1-24,28H,25-27H2/q+3/p+1. The minimum Gasteiger partial charge on any atom is -0.283 e. The molecule has 0 saturated heterocycles. The molecule has 11 aliphatic rings. The lowest BCUT2D eigenvalue weighted by Crippen LogP contribution is -3.01. The van der Waals surface area contributed by atoms with Crippen LogP contribution in [-0.2, 0) is 19.6 Å². The maximum absolute atomic E-state index is 12.9. The van der Waals surface area contributed by atoms with Gasteiger partial charge in [0.05, 0.1) is 12.4 Å². The molecule has 0 spiro atoms. The maximum Gasteiger partial charge on any atom is 0.249 e. The Morgan fingerprint density at radius 1 is 0.524 bits per heavy atom. The number of pyridine rings is 3. The van der Waals surface area contributed by atoms with Gasteiger partial charge in [0.25, 0.3) is 0 Å². The van der Waals surface area contributed by atoms with Crippen molar-refractivity contribution in [1.82, 2.24) is 0 Å². The van der Waals surface area contributed by atoms with Crippen molar-refractivity contribution in [3.8, 4) is 11.1 Å². The van der Waals surface area contributed by atoms with Crippen LogP contribution >= 0.6 is 0 Å². The largest absolute Gasteiger partial charge is 0.283 e. The Balaban J connectivity index is 1.21. The summed E-state index contributed by atoms with van der Waals surface area (Å²) in [6, 6.07) is 29.5. The van der Waals surface area contributed by atoms with Gasteiger partial charge in [0.15, 0.2) is 50.3 Å². The molecule has 16 rings (SSSR count). The van der Waals surface area contributed by atoms with Crippen molar-refractivity contribution in [2.24, 2.45) is 0 Å². The molecule has 14 heterocycles. The Labute approximate surface area is 245 Å². The molecule has 1 N–H and O–H groups in total. The summed E-state index contributed by atoms with van der Waals surface area (Å²) in [4.78, 5) is 14.2. The zero-order valence-corrected chi connectivity index (χ0v) is 23.3. The summed E-state index contributed by atoms with van der Waals surface area (Å²) in [6.45, 7) is 2.47. The van der Waals surface area contributed by atoms with Crippen LogP contribution in [0.3, 0.4) is 0 Å². The second-order valence-corrected chi connectivity index (χ2v) is 10.9. The van der Waals surface area contributed by atoms with Crippen LogP contribution in [0.4, 0.5) is 0 Å². The molecular formula is C37H32N4O+4. The molecule has 3 aromatic heterocycles. The Morgan fingerprint density at radius 3 is 1.57 bits per heavy atom. The molecule has 202 valence electrons. The fraction of sp³-hybridized carbons (Fsp3) is 0.0811. The van der Waals surface area contributed by atoms with E-state index in [4.69, 9.17) is 0 Å². The molecule has 5 nitrogen and oxygen atoms in total. The fourth-order valence-corrected chi connectivity index (χ4v) is 5.45. The van der Waals surface area contributed by atoms with E-state index in [1.807, 2.05) is 53.0 Å². The van der Waals surface area contributed by atoms with Crippen LogP contribution < -0.4 is 23.5 Å². The van der Waals surface area contributed by atoms with Gasteiger partial charge in [-0.3, -0.25) is 9.69 Å². The summed E-state index contributed by atoms with van der Waals surface area (Å²) < 4.78 is 6.19. The van der Waals surface area contributed by atoms with Crippen molar-refractivity contribution in [3.05, 3.63) is 180 Å². The third-order valence-electron chi connectivity index (χ3n) is 7.92. The van der Waals surface area contributed by atoms with Gasteiger partial charge in [-0.25, -0.2) is 9.13 Å².